The van der Waals surface area contributed by atoms with Gasteiger partial charge in [-0.1, -0.05) is 4.40 Å². The van der Waals surface area contributed by atoms with Crippen LogP contribution in [0.1, 0.15) is 26.5 Å². The summed E-state index contributed by atoms with van der Waals surface area (Å²) in [7, 11) is 0. The lowest BCUT2D eigenvalue weighted by Crippen LogP contribution is -2.25. The summed E-state index contributed by atoms with van der Waals surface area (Å²) in [5.41, 5.74) is 0.593. The molecule has 1 unspecified atom stereocenters. The number of hydrogen-bond acceptors (Lipinski definition) is 4. The standard InChI is InChI=1S/C9H12BrN3OS/c1-9(2,3)15(14)11-6-7-4-5-8(10)13-12-7/h4-6H,1-3H3. The van der Waals surface area contributed by atoms with Gasteiger partial charge < -0.3 is 4.55 Å². The minimum atomic E-state index is -1.25. The highest BCUT2D eigenvalue weighted by Gasteiger charge is 2.25. The van der Waals surface area contributed by atoms with Gasteiger partial charge in [-0.25, -0.2) is 0 Å². The zero-order valence-electron chi connectivity index (χ0n) is 8.77. The average molecular weight is 290 g/mol. The van der Waals surface area contributed by atoms with Crippen molar-refractivity contribution in [3.8, 4) is 0 Å². The lowest BCUT2D eigenvalue weighted by atomic mass is 10.3. The molecule has 1 aromatic heterocycles. The summed E-state index contributed by atoms with van der Waals surface area (Å²) in [5.74, 6) is 0. The zero-order valence-corrected chi connectivity index (χ0v) is 11.2. The lowest BCUT2D eigenvalue weighted by molar-refractivity contribution is 0.562. The first-order valence-corrected chi connectivity index (χ1v) is 6.25. The largest absolute Gasteiger partial charge is 0.591 e. The van der Waals surface area contributed by atoms with E-state index in [2.05, 4.69) is 30.5 Å². The molecule has 82 valence electrons. The predicted octanol–water partition coefficient (Wildman–Crippen LogP) is 2.12. The molecule has 1 heterocycles. The Labute approximate surface area is 101 Å². The van der Waals surface area contributed by atoms with Crippen LogP contribution in [0.25, 0.3) is 0 Å². The molecule has 0 aliphatic rings. The van der Waals surface area contributed by atoms with E-state index in [1.807, 2.05) is 20.8 Å². The third kappa shape index (κ3) is 4.27. The van der Waals surface area contributed by atoms with Gasteiger partial charge in [-0.3, -0.25) is 0 Å². The Hall–Kier alpha value is -0.460. The fraction of sp³-hybridized carbons (Fsp3) is 0.444. The second kappa shape index (κ2) is 5.05. The maximum absolute atomic E-state index is 11.6. The first-order chi connectivity index (χ1) is 6.89. The molecule has 0 fully saturated rings. The topological polar surface area (TPSA) is 61.2 Å². The molecule has 15 heavy (non-hydrogen) atoms. The molecule has 0 aliphatic heterocycles. The molecule has 0 aromatic carbocycles. The van der Waals surface area contributed by atoms with E-state index in [9.17, 15) is 4.55 Å². The SMILES string of the molecule is CC(C)(C)[S+]([O-])N=Cc1ccc(Br)nn1. The van der Waals surface area contributed by atoms with Gasteiger partial charge in [-0.05, 0) is 48.8 Å². The third-order valence-electron chi connectivity index (χ3n) is 1.46. The van der Waals surface area contributed by atoms with E-state index in [1.54, 1.807) is 12.1 Å². The second-order valence-corrected chi connectivity index (χ2v) is 6.62. The second-order valence-electron chi connectivity index (χ2n) is 3.88. The Morgan fingerprint density at radius 1 is 1.40 bits per heavy atom. The summed E-state index contributed by atoms with van der Waals surface area (Å²) in [5, 5.41) is 7.65. The van der Waals surface area contributed by atoms with E-state index in [0.717, 1.165) is 0 Å². The van der Waals surface area contributed by atoms with Crippen LogP contribution in [0.2, 0.25) is 0 Å². The van der Waals surface area contributed by atoms with E-state index in [-0.39, 0.29) is 4.75 Å². The van der Waals surface area contributed by atoms with Crippen molar-refractivity contribution < 1.29 is 4.55 Å². The van der Waals surface area contributed by atoms with Crippen molar-refractivity contribution in [2.24, 2.45) is 4.40 Å². The van der Waals surface area contributed by atoms with Gasteiger partial charge in [0.2, 0.25) is 0 Å². The van der Waals surface area contributed by atoms with Crippen molar-refractivity contribution >= 4 is 33.5 Å². The van der Waals surface area contributed by atoms with Crippen LogP contribution in [0, 0.1) is 0 Å². The van der Waals surface area contributed by atoms with Crippen LogP contribution >= 0.6 is 15.9 Å². The van der Waals surface area contributed by atoms with Gasteiger partial charge in [0, 0.05) is 0 Å². The Kier molecular flexibility index (Phi) is 4.24. The van der Waals surface area contributed by atoms with Gasteiger partial charge >= 0.3 is 0 Å². The van der Waals surface area contributed by atoms with E-state index in [1.165, 1.54) is 6.21 Å². The highest BCUT2D eigenvalue weighted by molar-refractivity contribution is 9.10. The van der Waals surface area contributed by atoms with Gasteiger partial charge in [0.25, 0.3) is 0 Å². The van der Waals surface area contributed by atoms with Crippen LogP contribution in [-0.4, -0.2) is 25.7 Å². The maximum atomic E-state index is 11.6. The normalized spacial score (nSPS) is 14.5. The highest BCUT2D eigenvalue weighted by atomic mass is 79.9. The van der Waals surface area contributed by atoms with Gasteiger partial charge in [-0.2, -0.15) is 0 Å². The molecule has 1 rings (SSSR count). The first kappa shape index (κ1) is 12.6. The van der Waals surface area contributed by atoms with Crippen molar-refractivity contribution in [3.05, 3.63) is 22.4 Å². The first-order valence-electron chi connectivity index (χ1n) is 4.35. The minimum absolute atomic E-state index is 0.348. The molecule has 1 atom stereocenters. The van der Waals surface area contributed by atoms with E-state index in [0.29, 0.717) is 10.3 Å². The van der Waals surface area contributed by atoms with E-state index >= 15 is 0 Å². The molecule has 1 aromatic rings. The number of hydrogen-bond donors (Lipinski definition) is 0. The van der Waals surface area contributed by atoms with Crippen LogP contribution < -0.4 is 0 Å². The zero-order chi connectivity index (χ0) is 11.5. The maximum Gasteiger partial charge on any atom is 0.144 e. The minimum Gasteiger partial charge on any atom is -0.591 e. The average Bonchev–Trinajstić information content (AvgIpc) is 2.15. The smallest absolute Gasteiger partial charge is 0.144 e. The van der Waals surface area contributed by atoms with Crippen molar-refractivity contribution in [3.63, 3.8) is 0 Å². The molecule has 4 nitrogen and oxygen atoms in total. The Morgan fingerprint density at radius 2 is 2.07 bits per heavy atom. The van der Waals surface area contributed by atoms with Gasteiger partial charge in [0.1, 0.15) is 32.6 Å². The molecule has 0 spiro atoms. The van der Waals surface area contributed by atoms with Crippen molar-refractivity contribution in [1.82, 2.24) is 10.2 Å². The Bertz CT molecular complexity index is 347. The van der Waals surface area contributed by atoms with Crippen molar-refractivity contribution in [2.75, 3.05) is 0 Å². The molecule has 0 amide bonds. The summed E-state index contributed by atoms with van der Waals surface area (Å²) in [6.45, 7) is 5.61. The summed E-state index contributed by atoms with van der Waals surface area (Å²) < 4.78 is 15.8. The number of rotatable bonds is 2. The molecule has 0 radical (unpaired) electrons. The number of nitrogens with zero attached hydrogens (tertiary/aromatic N) is 3. The molecule has 6 heteroatoms. The number of aromatic nitrogens is 2. The Morgan fingerprint density at radius 3 is 2.53 bits per heavy atom. The third-order valence-corrected chi connectivity index (χ3v) is 3.22. The molecular weight excluding hydrogens is 278 g/mol. The van der Waals surface area contributed by atoms with Crippen LogP contribution in [0.4, 0.5) is 0 Å². The fourth-order valence-corrected chi connectivity index (χ4v) is 1.39. The fourth-order valence-electron chi connectivity index (χ4n) is 0.655. The molecule has 0 saturated heterocycles. The van der Waals surface area contributed by atoms with Crippen molar-refractivity contribution in [1.29, 1.82) is 0 Å². The molecular formula is C9H12BrN3OS. The highest BCUT2D eigenvalue weighted by Crippen LogP contribution is 2.16. The monoisotopic (exact) mass is 289 g/mol. The van der Waals surface area contributed by atoms with E-state index in [4.69, 9.17) is 0 Å². The number of halogens is 1. The summed E-state index contributed by atoms with van der Waals surface area (Å²) >= 11 is 1.93. The van der Waals surface area contributed by atoms with Gasteiger partial charge in [0.05, 0.1) is 0 Å². The van der Waals surface area contributed by atoms with E-state index < -0.39 is 11.4 Å². The summed E-state index contributed by atoms with van der Waals surface area (Å²) in [6, 6.07) is 3.51. The molecule has 0 N–H and O–H groups in total. The van der Waals surface area contributed by atoms with Crippen molar-refractivity contribution in [2.45, 2.75) is 25.5 Å². The van der Waals surface area contributed by atoms with Gasteiger partial charge in [-0.15, -0.1) is 10.2 Å². The molecule has 0 saturated carbocycles. The quantitative estimate of drug-likeness (QED) is 0.619. The Balaban J connectivity index is 2.70. The molecule has 0 bridgehead atoms. The van der Waals surface area contributed by atoms with Crippen LogP contribution in [0.3, 0.4) is 0 Å². The van der Waals surface area contributed by atoms with Crippen LogP contribution in [-0.2, 0) is 11.4 Å². The molecule has 0 aliphatic carbocycles. The van der Waals surface area contributed by atoms with Gasteiger partial charge in [0.15, 0.2) is 0 Å². The lowest BCUT2D eigenvalue weighted by Gasteiger charge is -2.17. The van der Waals surface area contributed by atoms with Crippen LogP contribution in [0.5, 0.6) is 0 Å². The summed E-state index contributed by atoms with van der Waals surface area (Å²) in [4.78, 5) is 0. The van der Waals surface area contributed by atoms with Crippen LogP contribution in [0.15, 0.2) is 21.1 Å². The summed E-state index contributed by atoms with van der Waals surface area (Å²) in [6.07, 6.45) is 1.47. The predicted molar refractivity (Wildman–Crippen MR) is 65.2 cm³/mol.